The summed E-state index contributed by atoms with van der Waals surface area (Å²) in [6, 6.07) is 8.36. The molecule has 0 fully saturated rings. The van der Waals surface area contributed by atoms with Gasteiger partial charge < -0.3 is 1.43 Å². The average Bonchev–Trinajstić information content (AvgIpc) is 2.65. The van der Waals surface area contributed by atoms with E-state index in [1.54, 1.807) is 30.3 Å². The van der Waals surface area contributed by atoms with Crippen LogP contribution in [0.1, 0.15) is 98.2 Å². The van der Waals surface area contributed by atoms with Crippen LogP contribution >= 0.6 is 0 Å². The molecule has 0 unspecified atom stereocenters. The van der Waals surface area contributed by atoms with Crippen molar-refractivity contribution in [2.75, 3.05) is 6.61 Å². The smallest absolute Gasteiger partial charge is 1.00 e. The van der Waals surface area contributed by atoms with Crippen molar-refractivity contribution in [3.63, 3.8) is 0 Å². The predicted octanol–water partition coefficient (Wildman–Crippen LogP) is 3.99. The van der Waals surface area contributed by atoms with Gasteiger partial charge in [-0.2, -0.15) is 8.42 Å². The normalized spacial score (nSPS) is 11.3. The maximum Gasteiger partial charge on any atom is 1.00 e. The minimum absolute atomic E-state index is 0. The Morgan fingerprint density at radius 2 is 1.11 bits per heavy atom. The molecule has 0 aliphatic heterocycles. The summed E-state index contributed by atoms with van der Waals surface area (Å²) in [5.74, 6) is 0. The van der Waals surface area contributed by atoms with E-state index >= 15 is 0 Å². The third kappa shape index (κ3) is 14.7. The fourth-order valence-electron chi connectivity index (χ4n) is 3.12. The van der Waals surface area contributed by atoms with Crippen LogP contribution in [-0.2, 0) is 14.3 Å². The molecule has 0 saturated heterocycles. The Kier molecular flexibility index (Phi) is 18.3. The molecule has 27 heavy (non-hydrogen) atoms. The van der Waals surface area contributed by atoms with Crippen LogP contribution in [0.2, 0.25) is 0 Å². The molecule has 5 heteroatoms. The van der Waals surface area contributed by atoms with Crippen LogP contribution in [0, 0.1) is 0 Å². The molecule has 1 rings (SSSR count). The zero-order valence-corrected chi connectivity index (χ0v) is 20.4. The van der Waals surface area contributed by atoms with Gasteiger partial charge in [0.25, 0.3) is 10.1 Å². The van der Waals surface area contributed by atoms with Gasteiger partial charge in [-0.1, -0.05) is 109 Å². The predicted molar refractivity (Wildman–Crippen MR) is 111 cm³/mol. The molecule has 0 amide bonds. The first-order valence-corrected chi connectivity index (χ1v) is 12.0. The Balaban J connectivity index is 0. The molecule has 0 bridgehead atoms. The molecule has 0 aliphatic carbocycles. The summed E-state index contributed by atoms with van der Waals surface area (Å²) in [5, 5.41) is 0. The molecule has 0 spiro atoms. The van der Waals surface area contributed by atoms with Gasteiger partial charge in [-0.3, -0.25) is 4.18 Å². The average molecular weight is 407 g/mol. The fraction of sp³-hybridized carbons (Fsp3) is 0.727. The third-order valence-corrected chi connectivity index (χ3v) is 6.09. The summed E-state index contributed by atoms with van der Waals surface area (Å²) >= 11 is 0. The van der Waals surface area contributed by atoms with Gasteiger partial charge in [0, 0.05) is 0 Å². The summed E-state index contributed by atoms with van der Waals surface area (Å²) < 4.78 is 29.0. The summed E-state index contributed by atoms with van der Waals surface area (Å²) in [6.45, 7) is 2.55. The molecule has 0 saturated carbocycles. The number of hydrogen-bond donors (Lipinski definition) is 0. The van der Waals surface area contributed by atoms with E-state index < -0.39 is 10.1 Å². The Morgan fingerprint density at radius 1 is 0.704 bits per heavy atom. The second-order valence-electron chi connectivity index (χ2n) is 7.19. The van der Waals surface area contributed by atoms with Crippen LogP contribution in [0.25, 0.3) is 0 Å². The summed E-state index contributed by atoms with van der Waals surface area (Å²) in [4.78, 5) is 0.241. The van der Waals surface area contributed by atoms with Gasteiger partial charge in [0.15, 0.2) is 0 Å². The summed E-state index contributed by atoms with van der Waals surface area (Å²) in [7, 11) is -3.58. The van der Waals surface area contributed by atoms with E-state index in [0.717, 1.165) is 12.8 Å². The number of unbranched alkanes of at least 4 members (excludes halogenated alkanes) is 13. The van der Waals surface area contributed by atoms with Crippen molar-refractivity contribution >= 4 is 10.1 Å². The van der Waals surface area contributed by atoms with Gasteiger partial charge in [0.05, 0.1) is 11.5 Å². The van der Waals surface area contributed by atoms with E-state index in [0.29, 0.717) is 0 Å². The topological polar surface area (TPSA) is 43.4 Å². The first kappa shape index (κ1) is 27.1. The van der Waals surface area contributed by atoms with Crippen molar-refractivity contribution in [2.45, 2.75) is 102 Å². The quantitative estimate of drug-likeness (QED) is 0.223. The molecule has 152 valence electrons. The van der Waals surface area contributed by atoms with E-state index in [2.05, 4.69) is 6.92 Å². The number of benzene rings is 1. The van der Waals surface area contributed by atoms with E-state index in [4.69, 9.17) is 4.18 Å². The standard InChI is InChI=1S/C22H38O3S.Na.H/c1-2-3-4-5-6-7-8-9-10-11-12-13-14-18-21-25-26(23,24)22-19-16-15-17-20-22;;/h15-17,19-20H,2-14,18,21H2,1H3;;/q;+1;-1. The molecule has 1 aromatic carbocycles. The Morgan fingerprint density at radius 3 is 1.56 bits per heavy atom. The van der Waals surface area contributed by atoms with Gasteiger partial charge in [0.1, 0.15) is 0 Å². The zero-order valence-electron chi connectivity index (χ0n) is 18.6. The van der Waals surface area contributed by atoms with Crippen LogP contribution in [0.4, 0.5) is 0 Å². The van der Waals surface area contributed by atoms with Crippen LogP contribution in [0.3, 0.4) is 0 Å². The van der Waals surface area contributed by atoms with Crippen LogP contribution < -0.4 is 29.6 Å². The number of rotatable bonds is 17. The third-order valence-electron chi connectivity index (χ3n) is 4.77. The summed E-state index contributed by atoms with van der Waals surface area (Å²) in [5.41, 5.74) is 0. The Bertz CT molecular complexity index is 538. The zero-order chi connectivity index (χ0) is 18.9. The molecule has 0 radical (unpaired) electrons. The summed E-state index contributed by atoms with van der Waals surface area (Å²) in [6.07, 6.45) is 18.0. The van der Waals surface area contributed by atoms with Crippen molar-refractivity contribution in [3.05, 3.63) is 30.3 Å². The molecule has 0 atom stereocenters. The van der Waals surface area contributed by atoms with E-state index in [-0.39, 0.29) is 42.5 Å². The molecule has 1 aromatic rings. The van der Waals surface area contributed by atoms with E-state index in [1.807, 2.05) is 0 Å². The van der Waals surface area contributed by atoms with E-state index in [9.17, 15) is 8.42 Å². The first-order valence-electron chi connectivity index (χ1n) is 10.6. The van der Waals surface area contributed by atoms with Crippen molar-refractivity contribution in [1.82, 2.24) is 0 Å². The van der Waals surface area contributed by atoms with Crippen LogP contribution in [-0.4, -0.2) is 15.0 Å². The van der Waals surface area contributed by atoms with Gasteiger partial charge >= 0.3 is 29.6 Å². The Labute approximate surface area is 191 Å². The van der Waals surface area contributed by atoms with Crippen molar-refractivity contribution < 1.29 is 43.6 Å². The fourth-order valence-corrected chi connectivity index (χ4v) is 4.08. The molecule has 0 aromatic heterocycles. The largest absolute Gasteiger partial charge is 1.00 e. The van der Waals surface area contributed by atoms with Crippen molar-refractivity contribution in [1.29, 1.82) is 0 Å². The SMILES string of the molecule is CCCCCCCCCCCCCCCCOS(=O)(=O)c1ccccc1.[H-].[Na+]. The molecular formula is C22H39NaO3S. The number of hydrogen-bond acceptors (Lipinski definition) is 3. The first-order chi connectivity index (χ1) is 12.7. The second kappa shape index (κ2) is 18.2. The van der Waals surface area contributed by atoms with Crippen LogP contribution in [0.5, 0.6) is 0 Å². The second-order valence-corrected chi connectivity index (χ2v) is 8.80. The Hall–Kier alpha value is 0.130. The minimum Gasteiger partial charge on any atom is -1.00 e. The molecule has 0 aliphatic rings. The maximum absolute atomic E-state index is 11.9. The maximum atomic E-state index is 11.9. The molecule has 0 N–H and O–H groups in total. The monoisotopic (exact) mass is 406 g/mol. The molecular weight excluding hydrogens is 367 g/mol. The van der Waals surface area contributed by atoms with Gasteiger partial charge in [-0.25, -0.2) is 0 Å². The van der Waals surface area contributed by atoms with Gasteiger partial charge in [0.2, 0.25) is 0 Å². The van der Waals surface area contributed by atoms with Crippen LogP contribution in [0.15, 0.2) is 35.2 Å². The van der Waals surface area contributed by atoms with Crippen molar-refractivity contribution in [3.8, 4) is 0 Å². The van der Waals surface area contributed by atoms with Crippen molar-refractivity contribution in [2.24, 2.45) is 0 Å². The van der Waals surface area contributed by atoms with Gasteiger partial charge in [-0.15, -0.1) is 0 Å². The van der Waals surface area contributed by atoms with E-state index in [1.165, 1.54) is 77.0 Å². The molecule has 0 heterocycles. The molecule has 3 nitrogen and oxygen atoms in total. The minimum atomic E-state index is -3.58. The van der Waals surface area contributed by atoms with Gasteiger partial charge in [-0.05, 0) is 18.6 Å².